The monoisotopic (exact) mass is 338 g/mol. The van der Waals surface area contributed by atoms with Crippen LogP contribution in [0.15, 0.2) is 17.0 Å². The number of hydrogen-bond acceptors (Lipinski definition) is 4. The second-order valence-corrected chi connectivity index (χ2v) is 7.36. The highest BCUT2D eigenvalue weighted by Crippen LogP contribution is 2.32. The largest absolute Gasteiger partial charge is 0.399 e. The maximum atomic E-state index is 12.4. The van der Waals surface area contributed by atoms with E-state index < -0.39 is 22.2 Å². The van der Waals surface area contributed by atoms with E-state index in [-0.39, 0.29) is 20.6 Å². The first kappa shape index (κ1) is 15.9. The number of rotatable bonds is 3. The van der Waals surface area contributed by atoms with Gasteiger partial charge in [-0.25, -0.2) is 13.1 Å². The zero-order chi connectivity index (χ0) is 14.9. The van der Waals surface area contributed by atoms with Gasteiger partial charge in [0.05, 0.1) is 16.1 Å². The van der Waals surface area contributed by atoms with Crippen LogP contribution in [0.5, 0.6) is 0 Å². The molecule has 20 heavy (non-hydrogen) atoms. The quantitative estimate of drug-likeness (QED) is 0.736. The first-order valence-electron chi connectivity index (χ1n) is 6.26. The topological polar surface area (TPSA) is 92.4 Å². The fourth-order valence-corrected chi connectivity index (χ4v) is 4.88. The van der Waals surface area contributed by atoms with E-state index in [1.165, 1.54) is 12.1 Å². The Balaban J connectivity index is 2.31. The summed E-state index contributed by atoms with van der Waals surface area (Å²) in [5.41, 5.74) is 5.84. The molecule has 1 aliphatic rings. The molecule has 1 saturated carbocycles. The number of sulfonamides is 1. The lowest BCUT2D eigenvalue weighted by molar-refractivity contribution is 0.101. The summed E-state index contributed by atoms with van der Waals surface area (Å²) in [6.45, 7) is 0. The van der Waals surface area contributed by atoms with Gasteiger partial charge in [0.1, 0.15) is 4.90 Å². The number of hydrogen-bond donors (Lipinski definition) is 3. The van der Waals surface area contributed by atoms with E-state index in [9.17, 15) is 13.5 Å². The number of benzene rings is 1. The van der Waals surface area contributed by atoms with Crippen LogP contribution in [-0.4, -0.2) is 25.7 Å². The molecule has 5 nitrogen and oxygen atoms in total. The van der Waals surface area contributed by atoms with Crippen LogP contribution >= 0.6 is 23.2 Å². The lowest BCUT2D eigenvalue weighted by Gasteiger charge is -2.28. The smallest absolute Gasteiger partial charge is 0.243 e. The number of nitrogens with one attached hydrogen (secondary N) is 1. The van der Waals surface area contributed by atoms with Crippen LogP contribution in [-0.2, 0) is 10.0 Å². The normalized spacial score (nSPS) is 23.8. The summed E-state index contributed by atoms with van der Waals surface area (Å²) in [5.74, 6) is 0. The van der Waals surface area contributed by atoms with E-state index >= 15 is 0 Å². The highest BCUT2D eigenvalue weighted by Gasteiger charge is 2.30. The predicted octanol–water partition coefficient (Wildman–Crippen LogP) is 2.16. The van der Waals surface area contributed by atoms with Crippen molar-refractivity contribution in [3.63, 3.8) is 0 Å². The van der Waals surface area contributed by atoms with E-state index in [1.54, 1.807) is 0 Å². The molecule has 0 unspecified atom stereocenters. The van der Waals surface area contributed by atoms with E-state index in [0.717, 1.165) is 12.8 Å². The molecule has 0 heterocycles. The zero-order valence-corrected chi connectivity index (χ0v) is 13.0. The minimum Gasteiger partial charge on any atom is -0.399 e. The van der Waals surface area contributed by atoms with Gasteiger partial charge in [0.15, 0.2) is 0 Å². The van der Waals surface area contributed by atoms with Crippen molar-refractivity contribution in [1.82, 2.24) is 4.72 Å². The Morgan fingerprint density at radius 3 is 2.30 bits per heavy atom. The molecule has 1 fully saturated rings. The van der Waals surface area contributed by atoms with Crippen molar-refractivity contribution in [2.75, 3.05) is 5.73 Å². The first-order valence-corrected chi connectivity index (χ1v) is 8.50. The Kier molecular flexibility index (Phi) is 4.81. The van der Waals surface area contributed by atoms with Crippen LogP contribution in [0.2, 0.25) is 10.0 Å². The number of anilines is 1. The van der Waals surface area contributed by atoms with E-state index in [2.05, 4.69) is 4.72 Å². The lowest BCUT2D eigenvalue weighted by atomic mass is 9.93. The van der Waals surface area contributed by atoms with E-state index in [4.69, 9.17) is 28.9 Å². The molecule has 1 aliphatic carbocycles. The van der Waals surface area contributed by atoms with Crippen LogP contribution in [0.1, 0.15) is 25.7 Å². The number of aliphatic hydroxyl groups is 1. The Hall–Kier alpha value is -0.530. The standard InChI is InChI=1S/C12H16Cl2N2O3S/c13-8-5-7(15)6-9(14)12(8)20(18,19)16-10-3-1-2-4-11(10)17/h5-6,10-11,16-17H,1-4,15H2/t10-,11-/m1/s1. The van der Waals surface area contributed by atoms with Gasteiger partial charge in [-0.1, -0.05) is 36.0 Å². The SMILES string of the molecule is Nc1cc(Cl)c(S(=O)(=O)N[C@@H]2CCCC[C@H]2O)c(Cl)c1. The Morgan fingerprint density at radius 2 is 1.75 bits per heavy atom. The lowest BCUT2D eigenvalue weighted by Crippen LogP contribution is -2.45. The van der Waals surface area contributed by atoms with Gasteiger partial charge in [0, 0.05) is 11.7 Å². The second kappa shape index (κ2) is 6.07. The van der Waals surface area contributed by atoms with Crippen LogP contribution in [0, 0.1) is 0 Å². The fraction of sp³-hybridized carbons (Fsp3) is 0.500. The van der Waals surface area contributed by atoms with Gasteiger partial charge < -0.3 is 10.8 Å². The molecular formula is C12H16Cl2N2O3S. The summed E-state index contributed by atoms with van der Waals surface area (Å²) >= 11 is 11.9. The van der Waals surface area contributed by atoms with E-state index in [1.807, 2.05) is 0 Å². The average Bonchev–Trinajstić information content (AvgIpc) is 2.30. The molecule has 2 atom stereocenters. The Morgan fingerprint density at radius 1 is 1.20 bits per heavy atom. The van der Waals surface area contributed by atoms with Crippen molar-refractivity contribution >= 4 is 38.9 Å². The minimum atomic E-state index is -3.90. The van der Waals surface area contributed by atoms with Crippen molar-refractivity contribution < 1.29 is 13.5 Å². The molecule has 8 heteroatoms. The Labute approximate surface area is 128 Å². The molecule has 2 rings (SSSR count). The summed E-state index contributed by atoms with van der Waals surface area (Å²) in [6.07, 6.45) is 2.24. The molecule has 112 valence electrons. The van der Waals surface area contributed by atoms with Crippen molar-refractivity contribution in [2.24, 2.45) is 0 Å². The maximum Gasteiger partial charge on any atom is 0.243 e. The summed E-state index contributed by atoms with van der Waals surface area (Å²) in [5, 5.41) is 9.78. The third kappa shape index (κ3) is 3.38. The van der Waals surface area contributed by atoms with Crippen molar-refractivity contribution in [2.45, 2.75) is 42.7 Å². The number of halogens is 2. The highest BCUT2D eigenvalue weighted by molar-refractivity contribution is 7.89. The van der Waals surface area contributed by atoms with Crippen molar-refractivity contribution in [3.05, 3.63) is 22.2 Å². The fourth-order valence-electron chi connectivity index (χ4n) is 2.34. The van der Waals surface area contributed by atoms with Crippen LogP contribution in [0.25, 0.3) is 0 Å². The molecule has 0 spiro atoms. The van der Waals surface area contributed by atoms with Gasteiger partial charge in [-0.2, -0.15) is 0 Å². The maximum absolute atomic E-state index is 12.4. The molecule has 1 aromatic rings. The third-order valence-electron chi connectivity index (χ3n) is 3.33. The van der Waals surface area contributed by atoms with Gasteiger partial charge in [0.2, 0.25) is 10.0 Å². The van der Waals surface area contributed by atoms with Crippen molar-refractivity contribution in [3.8, 4) is 0 Å². The summed E-state index contributed by atoms with van der Waals surface area (Å²) < 4.78 is 27.2. The molecule has 0 radical (unpaired) electrons. The molecule has 0 aliphatic heterocycles. The summed E-state index contributed by atoms with van der Waals surface area (Å²) in [4.78, 5) is -0.201. The van der Waals surface area contributed by atoms with Crippen LogP contribution in [0.3, 0.4) is 0 Å². The zero-order valence-electron chi connectivity index (χ0n) is 10.6. The van der Waals surface area contributed by atoms with Crippen molar-refractivity contribution in [1.29, 1.82) is 0 Å². The summed E-state index contributed by atoms with van der Waals surface area (Å²) in [7, 11) is -3.90. The van der Waals surface area contributed by atoms with Crippen LogP contribution in [0.4, 0.5) is 5.69 Å². The third-order valence-corrected chi connectivity index (χ3v) is 5.74. The molecule has 0 bridgehead atoms. The number of nitrogen functional groups attached to an aromatic ring is 1. The van der Waals surface area contributed by atoms with Gasteiger partial charge >= 0.3 is 0 Å². The molecule has 4 N–H and O–H groups in total. The van der Waals surface area contributed by atoms with Gasteiger partial charge in [0.25, 0.3) is 0 Å². The van der Waals surface area contributed by atoms with Gasteiger partial charge in [-0.05, 0) is 25.0 Å². The van der Waals surface area contributed by atoms with Gasteiger partial charge in [-0.15, -0.1) is 0 Å². The van der Waals surface area contributed by atoms with E-state index in [0.29, 0.717) is 12.8 Å². The molecular weight excluding hydrogens is 323 g/mol. The van der Waals surface area contributed by atoms with Gasteiger partial charge in [-0.3, -0.25) is 0 Å². The molecule has 0 aromatic heterocycles. The number of nitrogens with two attached hydrogens (primary N) is 1. The predicted molar refractivity (Wildman–Crippen MR) is 79.5 cm³/mol. The highest BCUT2D eigenvalue weighted by atomic mass is 35.5. The molecule has 1 aromatic carbocycles. The molecule has 0 amide bonds. The summed E-state index contributed by atoms with van der Waals surface area (Å²) in [6, 6.07) is 2.15. The molecule has 0 saturated heterocycles. The minimum absolute atomic E-state index is 0.0344. The second-order valence-electron chi connectivity index (χ2n) is 4.89. The Bertz CT molecular complexity index is 584. The first-order chi connectivity index (χ1) is 9.31. The van der Waals surface area contributed by atoms with Crippen LogP contribution < -0.4 is 10.5 Å². The average molecular weight is 339 g/mol. The number of aliphatic hydroxyl groups excluding tert-OH is 1.